The maximum absolute atomic E-state index is 14.2. The molecular weight excluding hydrogens is 412 g/mol. The first-order chi connectivity index (χ1) is 15.4. The Morgan fingerprint density at radius 3 is 2.59 bits per heavy atom. The average molecular weight is 440 g/mol. The van der Waals surface area contributed by atoms with Crippen LogP contribution in [0.1, 0.15) is 49.3 Å². The number of carbonyl (C=O) groups is 1. The minimum Gasteiger partial charge on any atom is -0.482 e. The highest BCUT2D eigenvalue weighted by Gasteiger charge is 2.27. The van der Waals surface area contributed by atoms with Crippen molar-refractivity contribution < 1.29 is 23.0 Å². The second kappa shape index (κ2) is 9.65. The number of fused-ring (bicyclic) bond motifs is 1. The van der Waals surface area contributed by atoms with Gasteiger partial charge >= 0.3 is 5.97 Å². The van der Waals surface area contributed by atoms with Crippen LogP contribution in [0.4, 0.5) is 8.78 Å². The number of carbonyl (C=O) groups excluding carboxylic acids is 1. The topological polar surface area (TPSA) is 47.6 Å². The van der Waals surface area contributed by atoms with E-state index in [1.54, 1.807) is 12.1 Å². The number of nitrogens with one attached hydrogen (secondary N) is 1. The zero-order valence-electron chi connectivity index (χ0n) is 18.2. The smallest absolute Gasteiger partial charge is 0.343 e. The SMILES string of the molecule is COC(=O)COc1ccc([C@@H]2CC[C@H](N[C@H](C)c3ccc(F)c4cc(F)ccc34)C2)cc1. The molecule has 0 amide bonds. The van der Waals surface area contributed by atoms with E-state index in [-0.39, 0.29) is 12.6 Å². The molecule has 0 bridgehead atoms. The van der Waals surface area contributed by atoms with Gasteiger partial charge in [0.15, 0.2) is 6.61 Å². The fourth-order valence-corrected chi connectivity index (χ4v) is 4.60. The van der Waals surface area contributed by atoms with Crippen LogP contribution < -0.4 is 10.1 Å². The standard InChI is InChI=1S/C26H27F2NO3/c1-16(22-11-12-25(28)24-14-19(27)6-10-23(22)24)29-20-7-3-18(13-20)17-4-8-21(9-5-17)32-15-26(30)31-2/h4-6,8-12,14,16,18,20,29H,3,7,13,15H2,1-2H3/t16-,18-,20+/m1/s1. The second-order valence-electron chi connectivity index (χ2n) is 8.36. The number of hydrogen-bond acceptors (Lipinski definition) is 4. The van der Waals surface area contributed by atoms with Crippen molar-refractivity contribution in [2.24, 2.45) is 0 Å². The lowest BCUT2D eigenvalue weighted by Crippen LogP contribution is -2.29. The molecule has 0 aliphatic heterocycles. The summed E-state index contributed by atoms with van der Waals surface area (Å²) in [5.41, 5.74) is 2.21. The molecule has 4 nitrogen and oxygen atoms in total. The molecule has 168 valence electrons. The molecule has 1 N–H and O–H groups in total. The molecule has 0 radical (unpaired) electrons. The number of hydrogen-bond donors (Lipinski definition) is 1. The molecule has 32 heavy (non-hydrogen) atoms. The molecule has 1 aliphatic rings. The van der Waals surface area contributed by atoms with Crippen molar-refractivity contribution in [2.45, 2.75) is 44.2 Å². The van der Waals surface area contributed by atoms with E-state index in [4.69, 9.17) is 4.74 Å². The Morgan fingerprint density at radius 1 is 1.06 bits per heavy atom. The molecule has 3 aromatic carbocycles. The fourth-order valence-electron chi connectivity index (χ4n) is 4.60. The van der Waals surface area contributed by atoms with E-state index < -0.39 is 17.6 Å². The largest absolute Gasteiger partial charge is 0.482 e. The molecular formula is C26H27F2NO3. The van der Waals surface area contributed by atoms with Crippen molar-refractivity contribution >= 4 is 16.7 Å². The van der Waals surface area contributed by atoms with Crippen LogP contribution in [0.25, 0.3) is 10.8 Å². The van der Waals surface area contributed by atoms with Gasteiger partial charge in [0, 0.05) is 17.5 Å². The van der Waals surface area contributed by atoms with Crippen LogP contribution in [0, 0.1) is 11.6 Å². The molecule has 3 aromatic rings. The summed E-state index contributed by atoms with van der Waals surface area (Å²) in [7, 11) is 1.33. The van der Waals surface area contributed by atoms with E-state index in [0.717, 1.165) is 30.2 Å². The Balaban J connectivity index is 1.39. The minimum atomic E-state index is -0.436. The third kappa shape index (κ3) is 4.91. The maximum atomic E-state index is 14.2. The van der Waals surface area contributed by atoms with Crippen LogP contribution in [0.3, 0.4) is 0 Å². The molecule has 0 spiro atoms. The first kappa shape index (κ1) is 22.2. The van der Waals surface area contributed by atoms with E-state index >= 15 is 0 Å². The van der Waals surface area contributed by atoms with Gasteiger partial charge in [0.25, 0.3) is 0 Å². The van der Waals surface area contributed by atoms with Crippen molar-refractivity contribution in [3.63, 3.8) is 0 Å². The van der Waals surface area contributed by atoms with Crippen molar-refractivity contribution in [2.75, 3.05) is 13.7 Å². The molecule has 3 atom stereocenters. The third-order valence-electron chi connectivity index (χ3n) is 6.28. The predicted octanol–water partition coefficient (Wildman–Crippen LogP) is 5.66. The summed E-state index contributed by atoms with van der Waals surface area (Å²) in [5.74, 6) is -0.176. The molecule has 1 saturated carbocycles. The van der Waals surface area contributed by atoms with Gasteiger partial charge in [-0.25, -0.2) is 13.6 Å². The number of methoxy groups -OCH3 is 1. The van der Waals surface area contributed by atoms with Crippen molar-refractivity contribution in [1.82, 2.24) is 5.32 Å². The van der Waals surface area contributed by atoms with Gasteiger partial charge in [-0.3, -0.25) is 0 Å². The van der Waals surface area contributed by atoms with Gasteiger partial charge in [-0.1, -0.05) is 24.3 Å². The van der Waals surface area contributed by atoms with Crippen LogP contribution in [0.2, 0.25) is 0 Å². The fraction of sp³-hybridized carbons (Fsp3) is 0.346. The summed E-state index contributed by atoms with van der Waals surface area (Å²) in [4.78, 5) is 11.2. The number of benzene rings is 3. The van der Waals surface area contributed by atoms with Gasteiger partial charge in [0.2, 0.25) is 0 Å². The average Bonchev–Trinajstić information content (AvgIpc) is 3.26. The summed E-state index contributed by atoms with van der Waals surface area (Å²) >= 11 is 0. The number of rotatable bonds is 7. The molecule has 0 heterocycles. The Kier molecular flexibility index (Phi) is 6.70. The second-order valence-corrected chi connectivity index (χ2v) is 8.36. The van der Waals surface area contributed by atoms with Crippen LogP contribution in [0.15, 0.2) is 54.6 Å². The quantitative estimate of drug-likeness (QED) is 0.483. The highest BCUT2D eigenvalue weighted by Crippen LogP contribution is 2.37. The first-order valence-electron chi connectivity index (χ1n) is 10.9. The Morgan fingerprint density at radius 2 is 1.84 bits per heavy atom. The normalized spacial score (nSPS) is 19.1. The molecule has 1 aliphatic carbocycles. The van der Waals surface area contributed by atoms with Gasteiger partial charge in [-0.2, -0.15) is 0 Å². The van der Waals surface area contributed by atoms with Crippen molar-refractivity contribution in [1.29, 1.82) is 0 Å². The Labute approximate surface area is 186 Å². The molecule has 4 rings (SSSR count). The lowest BCUT2D eigenvalue weighted by atomic mass is 9.96. The molecule has 0 unspecified atom stereocenters. The highest BCUT2D eigenvalue weighted by molar-refractivity contribution is 5.86. The van der Waals surface area contributed by atoms with Crippen LogP contribution in [0.5, 0.6) is 5.75 Å². The van der Waals surface area contributed by atoms with E-state index in [0.29, 0.717) is 23.1 Å². The number of halogens is 2. The number of ether oxygens (including phenoxy) is 2. The van der Waals surface area contributed by atoms with Gasteiger partial charge in [-0.15, -0.1) is 0 Å². The van der Waals surface area contributed by atoms with E-state index in [2.05, 4.69) is 17.0 Å². The van der Waals surface area contributed by atoms with Crippen LogP contribution >= 0.6 is 0 Å². The summed E-state index contributed by atoms with van der Waals surface area (Å²) < 4.78 is 37.8. The van der Waals surface area contributed by atoms with Gasteiger partial charge in [0.05, 0.1) is 7.11 Å². The zero-order chi connectivity index (χ0) is 22.7. The summed E-state index contributed by atoms with van der Waals surface area (Å²) in [5, 5.41) is 4.73. The minimum absolute atomic E-state index is 0.0152. The summed E-state index contributed by atoms with van der Waals surface area (Å²) in [6, 6.07) is 15.7. The van der Waals surface area contributed by atoms with Crippen LogP contribution in [-0.4, -0.2) is 25.7 Å². The summed E-state index contributed by atoms with van der Waals surface area (Å²) in [6.07, 6.45) is 3.12. The summed E-state index contributed by atoms with van der Waals surface area (Å²) in [6.45, 7) is 1.96. The van der Waals surface area contributed by atoms with E-state index in [9.17, 15) is 13.6 Å². The third-order valence-corrected chi connectivity index (χ3v) is 6.28. The highest BCUT2D eigenvalue weighted by atomic mass is 19.1. The Bertz CT molecular complexity index is 1100. The van der Waals surface area contributed by atoms with Crippen molar-refractivity contribution in [3.05, 3.63) is 77.4 Å². The monoisotopic (exact) mass is 439 g/mol. The Hall–Kier alpha value is -2.99. The van der Waals surface area contributed by atoms with E-state index in [1.807, 2.05) is 24.3 Å². The van der Waals surface area contributed by atoms with Crippen molar-refractivity contribution in [3.8, 4) is 5.75 Å². The molecule has 0 aromatic heterocycles. The first-order valence-corrected chi connectivity index (χ1v) is 10.9. The van der Waals surface area contributed by atoms with Crippen LogP contribution in [-0.2, 0) is 9.53 Å². The molecule has 0 saturated heterocycles. The van der Waals surface area contributed by atoms with Gasteiger partial charge in [0.1, 0.15) is 17.4 Å². The lowest BCUT2D eigenvalue weighted by Gasteiger charge is -2.22. The zero-order valence-corrected chi connectivity index (χ0v) is 18.2. The predicted molar refractivity (Wildman–Crippen MR) is 120 cm³/mol. The lowest BCUT2D eigenvalue weighted by molar-refractivity contribution is -0.142. The van der Waals surface area contributed by atoms with E-state index in [1.165, 1.54) is 30.9 Å². The van der Waals surface area contributed by atoms with Gasteiger partial charge in [-0.05, 0) is 78.9 Å². The molecule has 6 heteroatoms. The maximum Gasteiger partial charge on any atom is 0.343 e. The van der Waals surface area contributed by atoms with Gasteiger partial charge < -0.3 is 14.8 Å². The molecule has 1 fully saturated rings. The number of esters is 1.